The first-order chi connectivity index (χ1) is 4.83. The minimum atomic E-state index is -0.553. The molecule has 0 aromatic carbocycles. The summed E-state index contributed by atoms with van der Waals surface area (Å²) in [6.45, 7) is 0. The normalized spacial score (nSPS) is 12.9. The van der Waals surface area contributed by atoms with Crippen molar-refractivity contribution in [2.45, 2.75) is 12.5 Å². The maximum absolute atomic E-state index is 9.94. The Morgan fingerprint density at radius 2 is 2.70 bits per heavy atom. The van der Waals surface area contributed by atoms with Crippen LogP contribution in [0.3, 0.4) is 0 Å². The summed E-state index contributed by atoms with van der Waals surface area (Å²) < 4.78 is 0. The molecule has 1 atom stereocenters. The molecule has 0 fully saturated rings. The summed E-state index contributed by atoms with van der Waals surface area (Å²) in [7, 11) is 0. The van der Waals surface area contributed by atoms with Crippen LogP contribution in [0.25, 0.3) is 0 Å². The zero-order valence-corrected chi connectivity index (χ0v) is 5.37. The minimum Gasteiger partial charge on any atom is -0.321 e. The highest BCUT2D eigenvalue weighted by molar-refractivity contribution is 5.58. The van der Waals surface area contributed by atoms with Crippen LogP contribution in [0.5, 0.6) is 0 Å². The lowest BCUT2D eigenvalue weighted by Gasteiger charge is -1.96. The summed E-state index contributed by atoms with van der Waals surface area (Å²) in [5, 5.41) is 6.44. The molecule has 3 N–H and O–H groups in total. The molecule has 0 aliphatic rings. The standard InChI is InChI=1S/C6H8N3O/c7-5(4-10)3-6-1-2-8-9-6/h1-2,5H,3,7H2,(H,8,9). The lowest BCUT2D eigenvalue weighted by atomic mass is 10.2. The molecular weight excluding hydrogens is 130 g/mol. The molecule has 4 heteroatoms. The Bertz CT molecular complexity index is 195. The molecule has 0 saturated heterocycles. The molecule has 0 saturated carbocycles. The number of nitrogens with two attached hydrogens (primary N) is 1. The van der Waals surface area contributed by atoms with Crippen LogP contribution in [-0.2, 0) is 11.2 Å². The molecular formula is C6H8N3O. The van der Waals surface area contributed by atoms with Gasteiger partial charge in [0.25, 0.3) is 0 Å². The van der Waals surface area contributed by atoms with Crippen molar-refractivity contribution in [2.24, 2.45) is 5.73 Å². The number of nitrogens with zero attached hydrogens (tertiary/aromatic N) is 1. The highest BCUT2D eigenvalue weighted by atomic mass is 16.1. The molecule has 1 unspecified atom stereocenters. The van der Waals surface area contributed by atoms with E-state index in [1.165, 1.54) is 0 Å². The Hall–Kier alpha value is -1.16. The predicted octanol–water partition coefficient (Wildman–Crippen LogP) is -0.611. The maximum Gasteiger partial charge on any atom is 0.217 e. The number of aromatic nitrogens is 2. The van der Waals surface area contributed by atoms with Gasteiger partial charge in [0, 0.05) is 12.6 Å². The number of nitrogens with one attached hydrogen (secondary N) is 1. The molecule has 0 bridgehead atoms. The van der Waals surface area contributed by atoms with E-state index in [4.69, 9.17) is 5.73 Å². The third-order valence-corrected chi connectivity index (χ3v) is 1.14. The van der Waals surface area contributed by atoms with Gasteiger partial charge in [-0.15, -0.1) is 0 Å². The first-order valence-electron chi connectivity index (χ1n) is 2.95. The summed E-state index contributed by atoms with van der Waals surface area (Å²) in [4.78, 5) is 9.94. The Balaban J connectivity index is 2.47. The second-order valence-electron chi connectivity index (χ2n) is 1.99. The van der Waals surface area contributed by atoms with E-state index in [2.05, 4.69) is 10.2 Å². The van der Waals surface area contributed by atoms with Crippen LogP contribution in [0.2, 0.25) is 0 Å². The molecule has 1 rings (SSSR count). The highest BCUT2D eigenvalue weighted by Gasteiger charge is 2.03. The quantitative estimate of drug-likeness (QED) is 0.585. The summed E-state index contributed by atoms with van der Waals surface area (Å²) in [5.41, 5.74) is 6.07. The number of rotatable bonds is 3. The van der Waals surface area contributed by atoms with Gasteiger partial charge in [0.05, 0.1) is 11.7 Å². The zero-order chi connectivity index (χ0) is 7.40. The number of hydrogen-bond acceptors (Lipinski definition) is 3. The first kappa shape index (κ1) is 6.95. The molecule has 0 aliphatic carbocycles. The molecule has 1 heterocycles. The van der Waals surface area contributed by atoms with Crippen molar-refractivity contribution in [1.82, 2.24) is 10.2 Å². The fourth-order valence-electron chi connectivity index (χ4n) is 0.672. The van der Waals surface area contributed by atoms with Crippen LogP contribution in [0, 0.1) is 0 Å². The van der Waals surface area contributed by atoms with Gasteiger partial charge in [-0.05, 0) is 6.07 Å². The van der Waals surface area contributed by atoms with E-state index in [0.29, 0.717) is 6.42 Å². The number of H-pyrrole nitrogens is 1. The summed E-state index contributed by atoms with van der Waals surface area (Å²) in [6, 6.07) is 1.22. The van der Waals surface area contributed by atoms with Crippen LogP contribution in [0.4, 0.5) is 0 Å². The van der Waals surface area contributed by atoms with Gasteiger partial charge >= 0.3 is 0 Å². The van der Waals surface area contributed by atoms with Gasteiger partial charge in [-0.2, -0.15) is 5.10 Å². The molecule has 1 aromatic heterocycles. The van der Waals surface area contributed by atoms with Crippen molar-refractivity contribution in [2.75, 3.05) is 0 Å². The average molecular weight is 138 g/mol. The number of carbonyl (C=O) groups excluding carboxylic acids is 1. The van der Waals surface area contributed by atoms with Gasteiger partial charge < -0.3 is 5.73 Å². The van der Waals surface area contributed by atoms with E-state index < -0.39 is 6.04 Å². The Labute approximate surface area is 58.4 Å². The molecule has 0 amide bonds. The lowest BCUT2D eigenvalue weighted by Crippen LogP contribution is -2.24. The Morgan fingerprint density at radius 3 is 3.20 bits per heavy atom. The third-order valence-electron chi connectivity index (χ3n) is 1.14. The SMILES string of the molecule is NC([C]=O)Cc1cc[nH]n1. The van der Waals surface area contributed by atoms with Crippen LogP contribution < -0.4 is 5.73 Å². The number of aromatic amines is 1. The average Bonchev–Trinajstić information content (AvgIpc) is 2.40. The molecule has 4 nitrogen and oxygen atoms in total. The summed E-state index contributed by atoms with van der Waals surface area (Å²) in [5.74, 6) is 0. The minimum absolute atomic E-state index is 0.451. The largest absolute Gasteiger partial charge is 0.321 e. The van der Waals surface area contributed by atoms with E-state index in [0.717, 1.165) is 5.69 Å². The van der Waals surface area contributed by atoms with Gasteiger partial charge in [-0.1, -0.05) is 0 Å². The van der Waals surface area contributed by atoms with Crippen molar-refractivity contribution >= 4 is 6.29 Å². The Kier molecular flexibility index (Phi) is 2.17. The van der Waals surface area contributed by atoms with Gasteiger partial charge in [-0.3, -0.25) is 9.89 Å². The van der Waals surface area contributed by atoms with E-state index in [9.17, 15) is 4.79 Å². The fraction of sp³-hybridized carbons (Fsp3) is 0.333. The monoisotopic (exact) mass is 138 g/mol. The van der Waals surface area contributed by atoms with Crippen molar-refractivity contribution < 1.29 is 4.79 Å². The van der Waals surface area contributed by atoms with Gasteiger partial charge in [0.2, 0.25) is 6.29 Å². The molecule has 0 aliphatic heterocycles. The first-order valence-corrected chi connectivity index (χ1v) is 2.95. The van der Waals surface area contributed by atoms with Crippen molar-refractivity contribution in [3.63, 3.8) is 0 Å². The van der Waals surface area contributed by atoms with Crippen LogP contribution in [0.15, 0.2) is 12.3 Å². The molecule has 53 valence electrons. The molecule has 1 radical (unpaired) electrons. The Morgan fingerprint density at radius 1 is 1.90 bits per heavy atom. The highest BCUT2D eigenvalue weighted by Crippen LogP contribution is 1.93. The predicted molar refractivity (Wildman–Crippen MR) is 36.0 cm³/mol. The van der Waals surface area contributed by atoms with E-state index in [-0.39, 0.29) is 0 Å². The van der Waals surface area contributed by atoms with Crippen LogP contribution in [0.1, 0.15) is 5.69 Å². The van der Waals surface area contributed by atoms with Crippen molar-refractivity contribution in [1.29, 1.82) is 0 Å². The second kappa shape index (κ2) is 3.12. The molecule has 0 spiro atoms. The van der Waals surface area contributed by atoms with Gasteiger partial charge in [0.15, 0.2) is 0 Å². The summed E-state index contributed by atoms with van der Waals surface area (Å²) >= 11 is 0. The van der Waals surface area contributed by atoms with Crippen LogP contribution in [-0.4, -0.2) is 22.5 Å². The van der Waals surface area contributed by atoms with E-state index >= 15 is 0 Å². The number of hydrogen-bond donors (Lipinski definition) is 2. The zero-order valence-electron chi connectivity index (χ0n) is 5.37. The van der Waals surface area contributed by atoms with Gasteiger partial charge in [0.1, 0.15) is 0 Å². The summed E-state index contributed by atoms with van der Waals surface area (Å²) in [6.07, 6.45) is 3.82. The smallest absolute Gasteiger partial charge is 0.217 e. The van der Waals surface area contributed by atoms with Crippen molar-refractivity contribution in [3.8, 4) is 0 Å². The fourth-order valence-corrected chi connectivity index (χ4v) is 0.672. The molecule has 1 aromatic rings. The molecule has 10 heavy (non-hydrogen) atoms. The maximum atomic E-state index is 9.94. The van der Waals surface area contributed by atoms with E-state index in [1.54, 1.807) is 18.5 Å². The lowest BCUT2D eigenvalue weighted by molar-refractivity contribution is 0.540. The van der Waals surface area contributed by atoms with Crippen LogP contribution >= 0.6 is 0 Å². The van der Waals surface area contributed by atoms with E-state index in [1.807, 2.05) is 0 Å². The van der Waals surface area contributed by atoms with Gasteiger partial charge in [-0.25, -0.2) is 0 Å². The second-order valence-corrected chi connectivity index (χ2v) is 1.99. The topological polar surface area (TPSA) is 71.8 Å². The van der Waals surface area contributed by atoms with Crippen molar-refractivity contribution in [3.05, 3.63) is 18.0 Å². The third kappa shape index (κ3) is 1.66.